The summed E-state index contributed by atoms with van der Waals surface area (Å²) in [6.07, 6.45) is 0.459. The lowest BCUT2D eigenvalue weighted by Gasteiger charge is -2.10. The minimum atomic E-state index is -0.469. The van der Waals surface area contributed by atoms with Crippen LogP contribution in [0, 0.1) is 0 Å². The van der Waals surface area contributed by atoms with Crippen LogP contribution in [0.5, 0.6) is 5.75 Å². The topological polar surface area (TPSA) is 66.8 Å². The Hall–Kier alpha value is -1.81. The molecule has 92 valence electrons. The second kappa shape index (κ2) is 6.06. The summed E-state index contributed by atoms with van der Waals surface area (Å²) in [5, 5.41) is 18.3. The van der Waals surface area contributed by atoms with Gasteiger partial charge in [-0.05, 0) is 36.6 Å². The molecule has 0 amide bonds. The van der Waals surface area contributed by atoms with Crippen molar-refractivity contribution in [3.8, 4) is 5.75 Å². The van der Waals surface area contributed by atoms with Gasteiger partial charge in [0.1, 0.15) is 12.4 Å². The number of phenolic OH excluding ortho intramolecular Hbond substituents is 1. The number of carbonyl (C=O) groups is 1. The van der Waals surface area contributed by atoms with Crippen molar-refractivity contribution in [2.75, 3.05) is 6.61 Å². The number of phenols is 1. The van der Waals surface area contributed by atoms with Gasteiger partial charge in [0.05, 0.1) is 0 Å². The van der Waals surface area contributed by atoms with Gasteiger partial charge < -0.3 is 14.9 Å². The second-order valence-electron chi connectivity index (χ2n) is 3.78. The molecule has 0 aromatic heterocycles. The summed E-state index contributed by atoms with van der Waals surface area (Å²) in [5.41, 5.74) is 1.86. The zero-order valence-electron chi connectivity index (χ0n) is 9.77. The van der Waals surface area contributed by atoms with Crippen molar-refractivity contribution in [3.63, 3.8) is 0 Å². The van der Waals surface area contributed by atoms with Gasteiger partial charge in [-0.15, -0.1) is 0 Å². The molecule has 1 aromatic carbocycles. The number of rotatable bonds is 5. The molecule has 0 saturated carbocycles. The van der Waals surface area contributed by atoms with Gasteiger partial charge in [0, 0.05) is 12.2 Å². The highest BCUT2D eigenvalue weighted by molar-refractivity contribution is 5.86. The van der Waals surface area contributed by atoms with Crippen molar-refractivity contribution in [2.24, 2.45) is 0 Å². The molecule has 1 rings (SSSR count). The van der Waals surface area contributed by atoms with Gasteiger partial charge in [-0.3, -0.25) is 0 Å². The number of hydrogen-bond acceptors (Lipinski definition) is 4. The Morgan fingerprint density at radius 3 is 2.71 bits per heavy atom. The van der Waals surface area contributed by atoms with Crippen LogP contribution in [0.4, 0.5) is 0 Å². The molecule has 0 unspecified atom stereocenters. The minimum Gasteiger partial charge on any atom is -0.508 e. The predicted octanol–water partition coefficient (Wildman–Crippen LogP) is 1.55. The van der Waals surface area contributed by atoms with E-state index in [1.54, 1.807) is 13.0 Å². The standard InChI is InChI=1S/C13H16O4/c1-9(2)13(16)17-8-11-7-12(15)4-3-10(11)5-6-14/h3-4,7,14-15H,1,5-6,8H2,2H3. The Kier molecular flexibility index (Phi) is 4.72. The maximum Gasteiger partial charge on any atom is 0.333 e. The van der Waals surface area contributed by atoms with E-state index in [9.17, 15) is 9.90 Å². The number of ether oxygens (including phenoxy) is 1. The summed E-state index contributed by atoms with van der Waals surface area (Å²) >= 11 is 0. The number of hydrogen-bond donors (Lipinski definition) is 2. The molecular formula is C13H16O4. The molecule has 0 saturated heterocycles. The molecule has 0 bridgehead atoms. The van der Waals surface area contributed by atoms with Crippen LogP contribution in [-0.4, -0.2) is 22.8 Å². The zero-order valence-corrected chi connectivity index (χ0v) is 9.77. The SMILES string of the molecule is C=C(C)C(=O)OCc1cc(O)ccc1CCO. The van der Waals surface area contributed by atoms with Gasteiger partial charge in [-0.25, -0.2) is 4.79 Å². The van der Waals surface area contributed by atoms with Crippen LogP contribution in [-0.2, 0) is 22.6 Å². The van der Waals surface area contributed by atoms with E-state index in [1.165, 1.54) is 12.1 Å². The molecule has 0 spiro atoms. The van der Waals surface area contributed by atoms with Crippen LogP contribution < -0.4 is 0 Å². The van der Waals surface area contributed by atoms with E-state index >= 15 is 0 Å². The van der Waals surface area contributed by atoms with Crippen molar-refractivity contribution < 1.29 is 19.7 Å². The van der Waals surface area contributed by atoms with Crippen molar-refractivity contribution in [1.29, 1.82) is 0 Å². The first kappa shape index (κ1) is 13.3. The van der Waals surface area contributed by atoms with E-state index in [0.29, 0.717) is 17.6 Å². The Morgan fingerprint density at radius 1 is 1.41 bits per heavy atom. The molecule has 0 aliphatic rings. The predicted molar refractivity (Wildman–Crippen MR) is 63.5 cm³/mol. The fourth-order valence-electron chi connectivity index (χ4n) is 1.38. The van der Waals surface area contributed by atoms with Crippen molar-refractivity contribution in [1.82, 2.24) is 0 Å². The van der Waals surface area contributed by atoms with Crippen LogP contribution in [0.2, 0.25) is 0 Å². The van der Waals surface area contributed by atoms with Gasteiger partial charge in [-0.2, -0.15) is 0 Å². The lowest BCUT2D eigenvalue weighted by atomic mass is 10.1. The fourth-order valence-corrected chi connectivity index (χ4v) is 1.38. The number of aliphatic hydroxyl groups excluding tert-OH is 1. The Bertz CT molecular complexity index is 423. The maximum atomic E-state index is 11.2. The van der Waals surface area contributed by atoms with E-state index in [0.717, 1.165) is 5.56 Å². The lowest BCUT2D eigenvalue weighted by molar-refractivity contribution is -0.140. The van der Waals surface area contributed by atoms with E-state index in [1.807, 2.05) is 0 Å². The van der Waals surface area contributed by atoms with Crippen LogP contribution >= 0.6 is 0 Å². The molecule has 0 atom stereocenters. The van der Waals surface area contributed by atoms with E-state index in [4.69, 9.17) is 9.84 Å². The third-order valence-electron chi connectivity index (χ3n) is 2.28. The number of carbonyl (C=O) groups excluding carboxylic acids is 1. The molecule has 0 radical (unpaired) electrons. The first-order valence-corrected chi connectivity index (χ1v) is 5.29. The quantitative estimate of drug-likeness (QED) is 0.601. The Labute approximate surface area is 100 Å². The molecule has 4 heteroatoms. The molecule has 0 aliphatic heterocycles. The Balaban J connectivity index is 2.77. The van der Waals surface area contributed by atoms with Crippen LogP contribution in [0.15, 0.2) is 30.4 Å². The average Bonchev–Trinajstić information content (AvgIpc) is 2.29. The zero-order chi connectivity index (χ0) is 12.8. The van der Waals surface area contributed by atoms with Crippen molar-refractivity contribution in [2.45, 2.75) is 20.0 Å². The Morgan fingerprint density at radius 2 is 2.12 bits per heavy atom. The number of esters is 1. The number of benzene rings is 1. The summed E-state index contributed by atoms with van der Waals surface area (Å²) in [5.74, 6) is -0.364. The highest BCUT2D eigenvalue weighted by Crippen LogP contribution is 2.18. The molecule has 1 aromatic rings. The smallest absolute Gasteiger partial charge is 0.333 e. The maximum absolute atomic E-state index is 11.2. The van der Waals surface area contributed by atoms with Crippen LogP contribution in [0.3, 0.4) is 0 Å². The number of aliphatic hydroxyl groups is 1. The summed E-state index contributed by atoms with van der Waals surface area (Å²) in [6.45, 7) is 5.12. The van der Waals surface area contributed by atoms with Gasteiger partial charge >= 0.3 is 5.97 Å². The molecule has 0 fully saturated rings. The second-order valence-corrected chi connectivity index (χ2v) is 3.78. The first-order chi connectivity index (χ1) is 8.04. The van der Waals surface area contributed by atoms with E-state index in [2.05, 4.69) is 6.58 Å². The number of aromatic hydroxyl groups is 1. The van der Waals surface area contributed by atoms with Gasteiger partial charge in [0.25, 0.3) is 0 Å². The van der Waals surface area contributed by atoms with E-state index < -0.39 is 5.97 Å². The fraction of sp³-hybridized carbons (Fsp3) is 0.308. The third kappa shape index (κ3) is 3.92. The summed E-state index contributed by atoms with van der Waals surface area (Å²) in [7, 11) is 0. The summed E-state index contributed by atoms with van der Waals surface area (Å²) in [4.78, 5) is 11.2. The molecule has 17 heavy (non-hydrogen) atoms. The van der Waals surface area contributed by atoms with Gasteiger partial charge in [0.15, 0.2) is 0 Å². The minimum absolute atomic E-state index is 0.00616. The van der Waals surface area contributed by atoms with Crippen LogP contribution in [0.1, 0.15) is 18.1 Å². The largest absolute Gasteiger partial charge is 0.508 e. The third-order valence-corrected chi connectivity index (χ3v) is 2.28. The first-order valence-electron chi connectivity index (χ1n) is 5.29. The normalized spacial score (nSPS) is 10.0. The average molecular weight is 236 g/mol. The lowest BCUT2D eigenvalue weighted by Crippen LogP contribution is -2.07. The highest BCUT2D eigenvalue weighted by atomic mass is 16.5. The molecule has 2 N–H and O–H groups in total. The molecule has 0 aliphatic carbocycles. The van der Waals surface area contributed by atoms with E-state index in [-0.39, 0.29) is 19.0 Å². The molecular weight excluding hydrogens is 220 g/mol. The molecule has 4 nitrogen and oxygen atoms in total. The van der Waals surface area contributed by atoms with Gasteiger partial charge in [0.2, 0.25) is 0 Å². The summed E-state index contributed by atoms with van der Waals surface area (Å²) in [6, 6.07) is 4.77. The van der Waals surface area contributed by atoms with Crippen LogP contribution in [0.25, 0.3) is 0 Å². The monoisotopic (exact) mass is 236 g/mol. The van der Waals surface area contributed by atoms with Gasteiger partial charge in [-0.1, -0.05) is 12.6 Å². The highest BCUT2D eigenvalue weighted by Gasteiger charge is 2.08. The van der Waals surface area contributed by atoms with Crippen molar-refractivity contribution in [3.05, 3.63) is 41.5 Å². The molecule has 0 heterocycles. The summed E-state index contributed by atoms with van der Waals surface area (Å²) < 4.78 is 5.00. The van der Waals surface area contributed by atoms with Crippen molar-refractivity contribution >= 4 is 5.97 Å².